The Hall–Kier alpha value is -3.65. The SMILES string of the molecule is COCCOc1cc2c(cc1-c1cc(NC(=O)OCC(C)C)c(C(=O)OC)s1)S(=O)(=O)N(C)[C@H](C1CCCCC1)CN2c1ccccc1. The largest absolute Gasteiger partial charge is 0.490 e. The van der Waals surface area contributed by atoms with E-state index in [4.69, 9.17) is 18.9 Å². The highest BCUT2D eigenvalue weighted by Gasteiger charge is 2.41. The van der Waals surface area contributed by atoms with Gasteiger partial charge in [-0.3, -0.25) is 5.32 Å². The van der Waals surface area contributed by atoms with Crippen LogP contribution in [0.5, 0.6) is 5.75 Å². The second-order valence-corrected chi connectivity index (χ2v) is 15.6. The van der Waals surface area contributed by atoms with Crippen molar-refractivity contribution in [2.75, 3.05) is 57.8 Å². The number of fused-ring (bicyclic) bond motifs is 1. The molecule has 1 saturated carbocycles. The van der Waals surface area contributed by atoms with Crippen LogP contribution in [0.15, 0.2) is 53.4 Å². The van der Waals surface area contributed by atoms with Crippen LogP contribution in [0.25, 0.3) is 10.4 Å². The van der Waals surface area contributed by atoms with Crippen molar-refractivity contribution in [3.63, 3.8) is 0 Å². The summed E-state index contributed by atoms with van der Waals surface area (Å²) in [5.41, 5.74) is 2.01. The number of rotatable bonds is 11. The molecule has 1 aliphatic heterocycles. The number of sulfonamides is 1. The molecule has 1 amide bonds. The first kappa shape index (κ1) is 35.7. The van der Waals surface area contributed by atoms with Gasteiger partial charge >= 0.3 is 12.1 Å². The van der Waals surface area contributed by atoms with E-state index in [0.717, 1.165) is 49.1 Å². The number of carbonyl (C=O) groups excluding carboxylic acids is 2. The second-order valence-electron chi connectivity index (χ2n) is 12.6. The van der Waals surface area contributed by atoms with E-state index in [0.29, 0.717) is 35.0 Å². The molecule has 5 rings (SSSR count). The fourth-order valence-electron chi connectivity index (χ4n) is 6.31. The van der Waals surface area contributed by atoms with Gasteiger partial charge < -0.3 is 23.8 Å². The highest BCUT2D eigenvalue weighted by molar-refractivity contribution is 7.89. The monoisotopic (exact) mass is 699 g/mol. The minimum Gasteiger partial charge on any atom is -0.490 e. The molecule has 0 spiro atoms. The lowest BCUT2D eigenvalue weighted by atomic mass is 9.83. The van der Waals surface area contributed by atoms with Crippen LogP contribution in [0.2, 0.25) is 0 Å². The third kappa shape index (κ3) is 7.80. The molecular weight excluding hydrogens is 655 g/mol. The van der Waals surface area contributed by atoms with Crippen molar-refractivity contribution in [2.24, 2.45) is 11.8 Å². The zero-order valence-electron chi connectivity index (χ0n) is 28.2. The number of carbonyl (C=O) groups is 2. The third-order valence-corrected chi connectivity index (χ3v) is 11.9. The summed E-state index contributed by atoms with van der Waals surface area (Å²) in [6, 6.07) is 14.5. The maximum Gasteiger partial charge on any atom is 0.411 e. The van der Waals surface area contributed by atoms with Gasteiger partial charge in [0.2, 0.25) is 10.0 Å². The van der Waals surface area contributed by atoms with Gasteiger partial charge in [-0.25, -0.2) is 18.0 Å². The van der Waals surface area contributed by atoms with E-state index >= 15 is 0 Å². The topological polar surface area (TPSA) is 124 Å². The molecule has 3 aromatic rings. The predicted molar refractivity (Wildman–Crippen MR) is 187 cm³/mol. The van der Waals surface area contributed by atoms with Crippen LogP contribution >= 0.6 is 11.3 Å². The van der Waals surface area contributed by atoms with E-state index in [9.17, 15) is 18.0 Å². The van der Waals surface area contributed by atoms with Gasteiger partial charge in [-0.2, -0.15) is 4.31 Å². The molecule has 48 heavy (non-hydrogen) atoms. The van der Waals surface area contributed by atoms with E-state index in [-0.39, 0.29) is 46.6 Å². The average Bonchev–Trinajstić information content (AvgIpc) is 3.47. The van der Waals surface area contributed by atoms with Gasteiger partial charge in [0.15, 0.2) is 0 Å². The standard InChI is InChI=1S/C35H45N3O8S2/c1-23(2)22-46-35(40)36-27-19-31(47-33(27)34(39)44-5)26-18-32-28(20-30(26)45-17-16-43-4)38(25-14-10-7-11-15-25)21-29(37(3)48(32,41)42)24-12-8-6-9-13-24/h7,10-11,14-15,18-20,23-24,29H,6,8-9,12-13,16-17,21-22H2,1-5H3,(H,36,40)/t29-/m0/s1. The molecule has 1 fully saturated rings. The van der Waals surface area contributed by atoms with E-state index in [2.05, 4.69) is 10.2 Å². The third-order valence-electron chi connectivity index (χ3n) is 8.81. The van der Waals surface area contributed by atoms with Crippen LogP contribution in [0.4, 0.5) is 21.9 Å². The van der Waals surface area contributed by atoms with Crippen LogP contribution in [-0.4, -0.2) is 78.5 Å². The number of likely N-dealkylation sites (N-methyl/N-ethyl adjacent to an activating group) is 1. The Morgan fingerprint density at radius 3 is 2.42 bits per heavy atom. The smallest absolute Gasteiger partial charge is 0.411 e. The maximum atomic E-state index is 14.6. The van der Waals surface area contributed by atoms with Crippen LogP contribution in [0.3, 0.4) is 0 Å². The predicted octanol–water partition coefficient (Wildman–Crippen LogP) is 7.15. The Morgan fingerprint density at radius 1 is 1.02 bits per heavy atom. The molecule has 0 radical (unpaired) electrons. The summed E-state index contributed by atoms with van der Waals surface area (Å²) in [4.78, 5) is 28.4. The first-order valence-electron chi connectivity index (χ1n) is 16.3. The maximum absolute atomic E-state index is 14.6. The lowest BCUT2D eigenvalue weighted by molar-refractivity contribution is 0.0607. The second kappa shape index (κ2) is 15.7. The number of amides is 1. The number of methoxy groups -OCH3 is 2. The van der Waals surface area contributed by atoms with E-state index in [1.54, 1.807) is 36.7 Å². The summed E-state index contributed by atoms with van der Waals surface area (Å²) in [7, 11) is 0.520. The number of ether oxygens (including phenoxy) is 4. The fraction of sp³-hybridized carbons (Fsp3) is 0.486. The summed E-state index contributed by atoms with van der Waals surface area (Å²) in [5.74, 6) is 0.0979. The molecule has 1 atom stereocenters. The summed E-state index contributed by atoms with van der Waals surface area (Å²) in [5, 5.41) is 2.66. The molecule has 2 heterocycles. The Morgan fingerprint density at radius 2 is 1.75 bits per heavy atom. The molecule has 0 unspecified atom stereocenters. The normalized spacial score (nSPS) is 18.2. The fourth-order valence-corrected chi connectivity index (χ4v) is 8.97. The van der Waals surface area contributed by atoms with Gasteiger partial charge in [-0.1, -0.05) is 51.3 Å². The number of anilines is 3. The molecular formula is C35H45N3O8S2. The first-order valence-corrected chi connectivity index (χ1v) is 18.6. The molecule has 1 N–H and O–H groups in total. The Labute approximate surface area is 287 Å². The van der Waals surface area contributed by atoms with E-state index in [1.165, 1.54) is 7.11 Å². The van der Waals surface area contributed by atoms with Crippen molar-refractivity contribution in [3.05, 3.63) is 53.4 Å². The van der Waals surface area contributed by atoms with Crippen LogP contribution in [0, 0.1) is 11.8 Å². The zero-order chi connectivity index (χ0) is 34.4. The van der Waals surface area contributed by atoms with Gasteiger partial charge in [-0.05, 0) is 48.9 Å². The lowest BCUT2D eigenvalue weighted by Gasteiger charge is -2.36. The number of esters is 1. The van der Waals surface area contributed by atoms with Crippen molar-refractivity contribution in [1.29, 1.82) is 0 Å². The number of hydrogen-bond acceptors (Lipinski definition) is 10. The van der Waals surface area contributed by atoms with Gasteiger partial charge in [0.1, 0.15) is 22.1 Å². The summed E-state index contributed by atoms with van der Waals surface area (Å²) in [6.07, 6.45) is 4.55. The number of para-hydroxylation sites is 1. The minimum absolute atomic E-state index is 0.119. The first-order chi connectivity index (χ1) is 23.0. The van der Waals surface area contributed by atoms with Crippen LogP contribution < -0.4 is 15.0 Å². The van der Waals surface area contributed by atoms with Crippen molar-refractivity contribution in [3.8, 4) is 16.2 Å². The molecule has 2 aromatic carbocycles. The van der Waals surface area contributed by atoms with Gasteiger partial charge in [0.25, 0.3) is 0 Å². The summed E-state index contributed by atoms with van der Waals surface area (Å²) < 4.78 is 52.6. The van der Waals surface area contributed by atoms with Crippen molar-refractivity contribution >= 4 is 50.5 Å². The molecule has 1 aromatic heterocycles. The number of nitrogens with zero attached hydrogens (tertiary/aromatic N) is 2. The number of benzene rings is 2. The molecule has 1 aliphatic carbocycles. The van der Waals surface area contributed by atoms with Crippen molar-refractivity contribution in [1.82, 2.24) is 4.31 Å². The minimum atomic E-state index is -3.99. The van der Waals surface area contributed by atoms with E-state index in [1.807, 2.05) is 44.2 Å². The van der Waals surface area contributed by atoms with Gasteiger partial charge in [0, 0.05) is 48.9 Å². The van der Waals surface area contributed by atoms with Crippen LogP contribution in [0.1, 0.15) is 55.6 Å². The highest BCUT2D eigenvalue weighted by Crippen LogP contribution is 2.47. The number of hydrogen-bond donors (Lipinski definition) is 1. The van der Waals surface area contributed by atoms with Crippen molar-refractivity contribution < 1.29 is 37.0 Å². The number of nitrogens with one attached hydrogen (secondary N) is 1. The molecule has 0 saturated heterocycles. The van der Waals surface area contributed by atoms with Gasteiger partial charge in [0.05, 0.1) is 31.7 Å². The number of thiophene rings is 1. The average molecular weight is 700 g/mol. The van der Waals surface area contributed by atoms with E-state index < -0.39 is 22.1 Å². The Kier molecular flexibility index (Phi) is 11.7. The summed E-state index contributed by atoms with van der Waals surface area (Å²) in [6.45, 7) is 5.02. The lowest BCUT2D eigenvalue weighted by Crippen LogP contribution is -2.46. The Bertz CT molecular complexity index is 1690. The Balaban J connectivity index is 1.68. The zero-order valence-corrected chi connectivity index (χ0v) is 29.8. The molecule has 0 bridgehead atoms. The van der Waals surface area contributed by atoms with Crippen molar-refractivity contribution in [2.45, 2.75) is 56.9 Å². The molecule has 13 heteroatoms. The molecule has 2 aliphatic rings. The quantitative estimate of drug-likeness (QED) is 0.164. The van der Waals surface area contributed by atoms with Gasteiger partial charge in [-0.15, -0.1) is 11.3 Å². The van der Waals surface area contributed by atoms with Crippen LogP contribution in [-0.2, 0) is 24.2 Å². The molecule has 260 valence electrons. The summed E-state index contributed by atoms with van der Waals surface area (Å²) >= 11 is 1.06. The molecule has 11 nitrogen and oxygen atoms in total. The highest BCUT2D eigenvalue weighted by atomic mass is 32.2.